The van der Waals surface area contributed by atoms with E-state index < -0.39 is 0 Å². The third-order valence-corrected chi connectivity index (χ3v) is 3.82. The lowest BCUT2D eigenvalue weighted by Gasteiger charge is -2.09. The van der Waals surface area contributed by atoms with E-state index in [9.17, 15) is 0 Å². The number of benzene rings is 1. The van der Waals surface area contributed by atoms with Gasteiger partial charge in [-0.25, -0.2) is 4.58 Å². The van der Waals surface area contributed by atoms with E-state index in [2.05, 4.69) is 24.4 Å². The molecule has 0 fully saturated rings. The van der Waals surface area contributed by atoms with Gasteiger partial charge in [-0.2, -0.15) is 0 Å². The van der Waals surface area contributed by atoms with Crippen molar-refractivity contribution in [3.8, 4) is 0 Å². The highest BCUT2D eigenvalue weighted by Crippen LogP contribution is 2.39. The topological polar surface area (TPSA) is 3.01 Å². The van der Waals surface area contributed by atoms with Crippen molar-refractivity contribution < 1.29 is 4.58 Å². The van der Waals surface area contributed by atoms with Crippen LogP contribution < -0.4 is 0 Å². The molecule has 3 rings (SSSR count). The third kappa shape index (κ3) is 1.26. The highest BCUT2D eigenvalue weighted by atomic mass is 15.0. The van der Waals surface area contributed by atoms with Gasteiger partial charge in [0.1, 0.15) is 13.8 Å². The van der Waals surface area contributed by atoms with E-state index in [1.807, 2.05) is 0 Å². The molecule has 2 aliphatic carbocycles. The smallest absolute Gasteiger partial charge is 0.208 e. The SMILES string of the molecule is C=[N+](C)c1c2c(cc3c1CCC3)CCC2. The summed E-state index contributed by atoms with van der Waals surface area (Å²) in [4.78, 5) is 0. The van der Waals surface area contributed by atoms with Gasteiger partial charge in [0.2, 0.25) is 5.69 Å². The molecular weight excluding hydrogens is 182 g/mol. The average Bonchev–Trinajstić information content (AvgIpc) is 2.79. The Bertz CT molecular complexity index is 411. The largest absolute Gasteiger partial charge is 0.211 e. The van der Waals surface area contributed by atoms with Crippen LogP contribution >= 0.6 is 0 Å². The number of rotatable bonds is 1. The summed E-state index contributed by atoms with van der Waals surface area (Å²) in [5.74, 6) is 0. The summed E-state index contributed by atoms with van der Waals surface area (Å²) >= 11 is 0. The van der Waals surface area contributed by atoms with Crippen molar-refractivity contribution in [3.63, 3.8) is 0 Å². The first-order valence-corrected chi connectivity index (χ1v) is 5.98. The van der Waals surface area contributed by atoms with Gasteiger partial charge in [-0.3, -0.25) is 0 Å². The molecule has 0 N–H and O–H groups in total. The second-order valence-electron chi connectivity index (χ2n) is 4.91. The molecule has 0 heterocycles. The maximum Gasteiger partial charge on any atom is 0.211 e. The number of nitrogens with zero attached hydrogens (tertiary/aromatic N) is 1. The van der Waals surface area contributed by atoms with E-state index >= 15 is 0 Å². The Hall–Kier alpha value is -1.11. The zero-order chi connectivity index (χ0) is 10.4. The molecule has 1 aromatic rings. The fourth-order valence-electron chi connectivity index (χ4n) is 3.25. The average molecular weight is 200 g/mol. The predicted octanol–water partition coefficient (Wildman–Crippen LogP) is 2.64. The lowest BCUT2D eigenvalue weighted by atomic mass is 9.98. The van der Waals surface area contributed by atoms with Crippen LogP contribution in [-0.4, -0.2) is 18.3 Å². The predicted molar refractivity (Wildman–Crippen MR) is 63.5 cm³/mol. The van der Waals surface area contributed by atoms with E-state index in [4.69, 9.17) is 0 Å². The number of hydrogen-bond acceptors (Lipinski definition) is 0. The van der Waals surface area contributed by atoms with Crippen molar-refractivity contribution in [2.24, 2.45) is 0 Å². The summed E-state index contributed by atoms with van der Waals surface area (Å²) in [6.07, 6.45) is 7.75. The molecule has 0 aromatic heterocycles. The molecule has 2 aliphatic rings. The summed E-state index contributed by atoms with van der Waals surface area (Å²) in [6, 6.07) is 2.47. The zero-order valence-corrected chi connectivity index (χ0v) is 9.47. The van der Waals surface area contributed by atoms with Crippen LogP contribution in [0, 0.1) is 0 Å². The van der Waals surface area contributed by atoms with Gasteiger partial charge in [-0.15, -0.1) is 0 Å². The highest BCUT2D eigenvalue weighted by molar-refractivity contribution is 5.59. The normalized spacial score (nSPS) is 17.7. The van der Waals surface area contributed by atoms with E-state index in [0.29, 0.717) is 0 Å². The molecule has 15 heavy (non-hydrogen) atoms. The van der Waals surface area contributed by atoms with Crippen LogP contribution in [0.2, 0.25) is 0 Å². The van der Waals surface area contributed by atoms with Crippen molar-refractivity contribution in [2.75, 3.05) is 7.05 Å². The molecule has 0 spiro atoms. The summed E-state index contributed by atoms with van der Waals surface area (Å²) in [6.45, 7) is 4.10. The van der Waals surface area contributed by atoms with Gasteiger partial charge in [0.25, 0.3) is 0 Å². The van der Waals surface area contributed by atoms with Gasteiger partial charge < -0.3 is 0 Å². The van der Waals surface area contributed by atoms with Crippen molar-refractivity contribution in [3.05, 3.63) is 28.3 Å². The van der Waals surface area contributed by atoms with Crippen LogP contribution in [0.5, 0.6) is 0 Å². The number of fused-ring (bicyclic) bond motifs is 2. The first kappa shape index (κ1) is 9.14. The van der Waals surface area contributed by atoms with Gasteiger partial charge >= 0.3 is 0 Å². The fourth-order valence-corrected chi connectivity index (χ4v) is 3.25. The minimum Gasteiger partial charge on any atom is -0.208 e. The molecule has 0 saturated heterocycles. The second kappa shape index (κ2) is 3.19. The molecule has 0 amide bonds. The molecule has 0 atom stereocenters. The van der Waals surface area contributed by atoms with Gasteiger partial charge in [-0.05, 0) is 49.7 Å². The molecule has 0 radical (unpaired) electrons. The third-order valence-electron chi connectivity index (χ3n) is 3.82. The Balaban J connectivity index is 2.29. The Labute approximate surface area is 91.4 Å². The summed E-state index contributed by atoms with van der Waals surface area (Å²) in [7, 11) is 2.09. The highest BCUT2D eigenvalue weighted by Gasteiger charge is 2.28. The van der Waals surface area contributed by atoms with Crippen molar-refractivity contribution >= 4 is 12.4 Å². The fraction of sp³-hybridized carbons (Fsp3) is 0.500. The molecule has 1 aromatic carbocycles. The van der Waals surface area contributed by atoms with Gasteiger partial charge in [0.05, 0.1) is 0 Å². The maximum atomic E-state index is 4.10. The van der Waals surface area contributed by atoms with Crippen molar-refractivity contribution in [1.29, 1.82) is 0 Å². The standard InChI is InChI=1S/C14H18N/c1-15(2)14-12-7-3-5-10(12)9-11-6-4-8-13(11)14/h9H,1,3-8H2,2H3/q+1. The lowest BCUT2D eigenvalue weighted by molar-refractivity contribution is -0.396. The van der Waals surface area contributed by atoms with Crippen molar-refractivity contribution in [1.82, 2.24) is 0 Å². The Morgan fingerprint density at radius 2 is 1.53 bits per heavy atom. The molecule has 0 saturated carbocycles. The first-order chi connectivity index (χ1) is 7.27. The van der Waals surface area contributed by atoms with Gasteiger partial charge in [0, 0.05) is 11.1 Å². The van der Waals surface area contributed by atoms with Crippen LogP contribution in [0.1, 0.15) is 35.1 Å². The summed E-state index contributed by atoms with van der Waals surface area (Å²) < 4.78 is 2.09. The molecule has 78 valence electrons. The Kier molecular flexibility index (Phi) is 1.95. The van der Waals surface area contributed by atoms with Crippen LogP contribution in [0.15, 0.2) is 6.07 Å². The van der Waals surface area contributed by atoms with E-state index in [0.717, 1.165) is 0 Å². The molecule has 0 bridgehead atoms. The van der Waals surface area contributed by atoms with E-state index in [1.165, 1.54) is 44.2 Å². The minimum atomic E-state index is 1.26. The molecular formula is C14H18N+. The quantitative estimate of drug-likeness (QED) is 0.484. The molecule has 1 heteroatoms. The van der Waals surface area contributed by atoms with Crippen LogP contribution in [0.25, 0.3) is 0 Å². The first-order valence-electron chi connectivity index (χ1n) is 5.98. The monoisotopic (exact) mass is 200 g/mol. The van der Waals surface area contributed by atoms with Gasteiger partial charge in [0.15, 0.2) is 0 Å². The second-order valence-corrected chi connectivity index (χ2v) is 4.91. The molecule has 0 unspecified atom stereocenters. The summed E-state index contributed by atoms with van der Waals surface area (Å²) in [5, 5.41) is 0. The van der Waals surface area contributed by atoms with E-state index in [1.54, 1.807) is 22.3 Å². The van der Waals surface area contributed by atoms with Crippen molar-refractivity contribution in [2.45, 2.75) is 38.5 Å². The maximum absolute atomic E-state index is 4.10. The van der Waals surface area contributed by atoms with E-state index in [-0.39, 0.29) is 0 Å². The van der Waals surface area contributed by atoms with Gasteiger partial charge in [-0.1, -0.05) is 6.07 Å². The zero-order valence-electron chi connectivity index (χ0n) is 9.47. The summed E-state index contributed by atoms with van der Waals surface area (Å²) in [5.41, 5.74) is 7.83. The Morgan fingerprint density at radius 3 is 2.00 bits per heavy atom. The van der Waals surface area contributed by atoms with Crippen LogP contribution in [0.4, 0.5) is 5.69 Å². The van der Waals surface area contributed by atoms with Crippen LogP contribution in [-0.2, 0) is 25.7 Å². The minimum absolute atomic E-state index is 1.26. The molecule has 0 aliphatic heterocycles. The Morgan fingerprint density at radius 1 is 1.00 bits per heavy atom. The van der Waals surface area contributed by atoms with Crippen LogP contribution in [0.3, 0.4) is 0 Å². The molecule has 1 nitrogen and oxygen atoms in total. The number of aryl methyl sites for hydroxylation is 2. The lowest BCUT2D eigenvalue weighted by Crippen LogP contribution is -2.03. The number of hydrogen-bond donors (Lipinski definition) is 0.